The van der Waals surface area contributed by atoms with E-state index in [0.29, 0.717) is 11.6 Å². The van der Waals surface area contributed by atoms with Crippen molar-refractivity contribution in [2.75, 3.05) is 5.32 Å². The number of nitro groups is 1. The second-order valence-corrected chi connectivity index (χ2v) is 6.33. The molecule has 2 N–H and O–H groups in total. The van der Waals surface area contributed by atoms with Crippen LogP contribution < -0.4 is 5.32 Å². The summed E-state index contributed by atoms with van der Waals surface area (Å²) in [6.07, 6.45) is 2.19. The molecule has 1 aromatic carbocycles. The van der Waals surface area contributed by atoms with Crippen molar-refractivity contribution in [3.8, 4) is 11.3 Å². The number of carbonyl (C=O) groups excluding carboxylic acids is 1. The molecule has 4 rings (SSSR count). The fraction of sp³-hybridized carbons (Fsp3) is 0.200. The zero-order valence-electron chi connectivity index (χ0n) is 11.9. The molecule has 2 atom stereocenters. The zero-order chi connectivity index (χ0) is 16.0. The number of anilines is 1. The second-order valence-electron chi connectivity index (χ2n) is 5.47. The molecule has 1 aliphatic carbocycles. The molecule has 7 nitrogen and oxygen atoms in total. The SMILES string of the molecule is O=C(Nc1nc(-c2c[nH]c3ccccc23)cs1)C1CC1[N+](=O)[O-]. The topological polar surface area (TPSA) is 101 Å². The molecule has 8 heteroatoms. The first kappa shape index (κ1) is 13.9. The molecule has 2 unspecified atom stereocenters. The van der Waals surface area contributed by atoms with Gasteiger partial charge in [-0.15, -0.1) is 11.3 Å². The van der Waals surface area contributed by atoms with Crippen molar-refractivity contribution in [1.29, 1.82) is 0 Å². The monoisotopic (exact) mass is 328 g/mol. The first-order valence-corrected chi connectivity index (χ1v) is 7.98. The molecule has 1 amide bonds. The number of nitrogens with zero attached hydrogens (tertiary/aromatic N) is 2. The predicted octanol–water partition coefficient (Wildman–Crippen LogP) is 2.90. The van der Waals surface area contributed by atoms with Crippen molar-refractivity contribution in [2.45, 2.75) is 12.5 Å². The van der Waals surface area contributed by atoms with Gasteiger partial charge in [0.1, 0.15) is 5.92 Å². The number of hydrogen-bond donors (Lipinski definition) is 2. The largest absolute Gasteiger partial charge is 0.360 e. The van der Waals surface area contributed by atoms with E-state index < -0.39 is 16.9 Å². The molecular weight excluding hydrogens is 316 g/mol. The van der Waals surface area contributed by atoms with Crippen molar-refractivity contribution < 1.29 is 9.72 Å². The summed E-state index contributed by atoms with van der Waals surface area (Å²) in [6, 6.07) is 7.16. The van der Waals surface area contributed by atoms with Crippen LogP contribution in [0.25, 0.3) is 22.2 Å². The summed E-state index contributed by atoms with van der Waals surface area (Å²) >= 11 is 1.31. The number of amides is 1. The highest BCUT2D eigenvalue weighted by Gasteiger charge is 2.53. The van der Waals surface area contributed by atoms with Crippen molar-refractivity contribution in [2.24, 2.45) is 5.92 Å². The fourth-order valence-corrected chi connectivity index (χ4v) is 3.35. The average Bonchev–Trinajstić information content (AvgIpc) is 3.05. The Morgan fingerprint density at radius 3 is 3.04 bits per heavy atom. The zero-order valence-corrected chi connectivity index (χ0v) is 12.7. The number of para-hydroxylation sites is 1. The van der Waals surface area contributed by atoms with Gasteiger partial charge in [0.25, 0.3) is 0 Å². The summed E-state index contributed by atoms with van der Waals surface area (Å²) in [5.74, 6) is -0.864. The third kappa shape index (κ3) is 2.46. The molecule has 1 aliphatic rings. The van der Waals surface area contributed by atoms with Gasteiger partial charge in [0.05, 0.1) is 5.69 Å². The van der Waals surface area contributed by atoms with Crippen LogP contribution in [0.1, 0.15) is 6.42 Å². The molecule has 0 bridgehead atoms. The lowest BCUT2D eigenvalue weighted by Gasteiger charge is -1.98. The Morgan fingerprint density at radius 2 is 2.26 bits per heavy atom. The number of aromatic nitrogens is 2. The molecule has 0 saturated heterocycles. The normalized spacial score (nSPS) is 19.7. The van der Waals surface area contributed by atoms with Gasteiger partial charge in [0, 0.05) is 39.4 Å². The molecule has 1 saturated carbocycles. The number of aromatic amines is 1. The quantitative estimate of drug-likeness (QED) is 0.568. The highest BCUT2D eigenvalue weighted by atomic mass is 32.1. The highest BCUT2D eigenvalue weighted by Crippen LogP contribution is 2.35. The molecule has 2 heterocycles. The summed E-state index contributed by atoms with van der Waals surface area (Å²) in [4.78, 5) is 29.8. The van der Waals surface area contributed by atoms with Gasteiger partial charge in [-0.05, 0) is 6.07 Å². The van der Waals surface area contributed by atoms with E-state index in [2.05, 4.69) is 15.3 Å². The Hall–Kier alpha value is -2.74. The van der Waals surface area contributed by atoms with Gasteiger partial charge in [-0.2, -0.15) is 0 Å². The van der Waals surface area contributed by atoms with Gasteiger partial charge < -0.3 is 10.3 Å². The van der Waals surface area contributed by atoms with Gasteiger partial charge in [0.2, 0.25) is 11.9 Å². The number of thiazole rings is 1. The van der Waals surface area contributed by atoms with E-state index in [1.165, 1.54) is 11.3 Å². The Morgan fingerprint density at radius 1 is 1.43 bits per heavy atom. The molecule has 23 heavy (non-hydrogen) atoms. The van der Waals surface area contributed by atoms with Crippen LogP contribution in [0.2, 0.25) is 0 Å². The lowest BCUT2D eigenvalue weighted by Crippen LogP contribution is -2.18. The Labute approximate surface area is 134 Å². The van der Waals surface area contributed by atoms with Gasteiger partial charge in [-0.1, -0.05) is 18.2 Å². The van der Waals surface area contributed by atoms with E-state index in [1.807, 2.05) is 35.8 Å². The van der Waals surface area contributed by atoms with E-state index in [1.54, 1.807) is 0 Å². The van der Waals surface area contributed by atoms with Crippen LogP contribution in [0.15, 0.2) is 35.8 Å². The molecule has 0 aliphatic heterocycles. The number of carbonyl (C=O) groups is 1. The molecule has 0 radical (unpaired) electrons. The highest BCUT2D eigenvalue weighted by molar-refractivity contribution is 7.14. The standard InChI is InChI=1S/C15H12N4O3S/c20-14(9-5-13(9)19(21)22)18-15-17-12(7-23-15)10-6-16-11-4-2-1-3-8(10)11/h1-4,6-7,9,13,16H,5H2,(H,17,18,20). The molecule has 3 aromatic rings. The summed E-state index contributed by atoms with van der Waals surface area (Å²) in [5.41, 5.74) is 2.75. The van der Waals surface area contributed by atoms with Crippen LogP contribution in [0, 0.1) is 16.0 Å². The maximum atomic E-state index is 11.9. The van der Waals surface area contributed by atoms with Crippen LogP contribution in [-0.4, -0.2) is 26.8 Å². The number of fused-ring (bicyclic) bond motifs is 1. The Balaban J connectivity index is 1.53. The van der Waals surface area contributed by atoms with E-state index in [9.17, 15) is 14.9 Å². The van der Waals surface area contributed by atoms with E-state index in [0.717, 1.165) is 22.2 Å². The van der Waals surface area contributed by atoms with E-state index in [-0.39, 0.29) is 5.91 Å². The third-order valence-electron chi connectivity index (χ3n) is 3.96. The maximum Gasteiger partial charge on any atom is 0.236 e. The predicted molar refractivity (Wildman–Crippen MR) is 86.9 cm³/mol. The third-order valence-corrected chi connectivity index (χ3v) is 4.72. The van der Waals surface area contributed by atoms with Gasteiger partial charge in [0.15, 0.2) is 5.13 Å². The van der Waals surface area contributed by atoms with Crippen molar-refractivity contribution in [1.82, 2.24) is 9.97 Å². The fourth-order valence-electron chi connectivity index (χ4n) is 2.63. The molecule has 1 fully saturated rings. The second kappa shape index (κ2) is 5.17. The number of hydrogen-bond acceptors (Lipinski definition) is 5. The van der Waals surface area contributed by atoms with Crippen LogP contribution in [0.4, 0.5) is 5.13 Å². The number of nitrogens with one attached hydrogen (secondary N) is 2. The van der Waals surface area contributed by atoms with Crippen molar-refractivity contribution in [3.05, 3.63) is 46.0 Å². The number of rotatable bonds is 4. The smallest absolute Gasteiger partial charge is 0.236 e. The van der Waals surface area contributed by atoms with Gasteiger partial charge >= 0.3 is 0 Å². The number of benzene rings is 1. The summed E-state index contributed by atoms with van der Waals surface area (Å²) in [5, 5.41) is 16.7. The molecule has 0 spiro atoms. The Bertz CT molecular complexity index is 916. The maximum absolute atomic E-state index is 11.9. The molecule has 2 aromatic heterocycles. The average molecular weight is 328 g/mol. The number of H-pyrrole nitrogens is 1. The summed E-state index contributed by atoms with van der Waals surface area (Å²) in [6.45, 7) is 0. The summed E-state index contributed by atoms with van der Waals surface area (Å²) < 4.78 is 0. The van der Waals surface area contributed by atoms with Crippen LogP contribution in [0.5, 0.6) is 0 Å². The molecular formula is C15H12N4O3S. The molecule has 116 valence electrons. The van der Waals surface area contributed by atoms with Gasteiger partial charge in [-0.25, -0.2) is 4.98 Å². The lowest BCUT2D eigenvalue weighted by molar-refractivity contribution is -0.497. The first-order valence-electron chi connectivity index (χ1n) is 7.10. The van der Waals surface area contributed by atoms with E-state index in [4.69, 9.17) is 0 Å². The van der Waals surface area contributed by atoms with Crippen LogP contribution >= 0.6 is 11.3 Å². The summed E-state index contributed by atoms with van der Waals surface area (Å²) in [7, 11) is 0. The first-order chi connectivity index (χ1) is 11.1. The minimum absolute atomic E-state index is 0.305. The van der Waals surface area contributed by atoms with E-state index >= 15 is 0 Å². The Kier molecular flexibility index (Phi) is 3.12. The van der Waals surface area contributed by atoms with Crippen molar-refractivity contribution >= 4 is 33.3 Å². The minimum atomic E-state index is -0.747. The van der Waals surface area contributed by atoms with Crippen LogP contribution in [-0.2, 0) is 4.79 Å². The lowest BCUT2D eigenvalue weighted by atomic mass is 10.1. The minimum Gasteiger partial charge on any atom is -0.360 e. The van der Waals surface area contributed by atoms with Gasteiger partial charge in [-0.3, -0.25) is 14.9 Å². The van der Waals surface area contributed by atoms with Crippen molar-refractivity contribution in [3.63, 3.8) is 0 Å². The van der Waals surface area contributed by atoms with Crippen LogP contribution in [0.3, 0.4) is 0 Å².